The summed E-state index contributed by atoms with van der Waals surface area (Å²) in [7, 11) is 0. The molecule has 1 fully saturated rings. The molecule has 1 N–H and O–H groups in total. The van der Waals surface area contributed by atoms with Gasteiger partial charge in [-0.2, -0.15) is 0 Å². The van der Waals surface area contributed by atoms with Crippen molar-refractivity contribution in [2.24, 2.45) is 11.8 Å². The highest BCUT2D eigenvalue weighted by molar-refractivity contribution is 5.78. The summed E-state index contributed by atoms with van der Waals surface area (Å²) in [6, 6.07) is 8.79. The largest absolute Gasteiger partial charge is 0.356 e. The number of carbonyl (C=O) groups excluding carboxylic acids is 1. The van der Waals surface area contributed by atoms with Gasteiger partial charge in [0.05, 0.1) is 0 Å². The van der Waals surface area contributed by atoms with Gasteiger partial charge in [0, 0.05) is 19.0 Å². The minimum atomic E-state index is 0.206. The van der Waals surface area contributed by atoms with Crippen molar-refractivity contribution in [1.82, 2.24) is 10.2 Å². The molecule has 140 valence electrons. The molecule has 0 aliphatic carbocycles. The zero-order valence-corrected chi connectivity index (χ0v) is 16.4. The number of aryl methyl sites for hydroxylation is 1. The van der Waals surface area contributed by atoms with Crippen molar-refractivity contribution in [3.8, 4) is 0 Å². The number of nitrogens with zero attached hydrogens (tertiary/aromatic N) is 1. The Morgan fingerprint density at radius 2 is 1.88 bits per heavy atom. The molecular weight excluding hydrogens is 308 g/mol. The summed E-state index contributed by atoms with van der Waals surface area (Å²) in [6.45, 7) is 10.5. The molecule has 2 rings (SSSR count). The lowest BCUT2D eigenvalue weighted by Gasteiger charge is -2.31. The standard InChI is InChI=1S/C22H36N2O/c1-4-6-7-19(5-2)16-23-22(25)21-12-14-24(15-13-21)17-20-10-8-18(3)9-11-20/h8-11,19,21H,4-7,12-17H2,1-3H3,(H,23,25). The predicted molar refractivity (Wildman–Crippen MR) is 105 cm³/mol. The number of amides is 1. The molecule has 0 spiro atoms. The fourth-order valence-corrected chi connectivity index (χ4v) is 3.64. The molecule has 1 amide bonds. The molecule has 1 aliphatic heterocycles. The van der Waals surface area contributed by atoms with Crippen LogP contribution in [0.1, 0.15) is 63.5 Å². The van der Waals surface area contributed by atoms with Gasteiger partial charge in [-0.15, -0.1) is 0 Å². The van der Waals surface area contributed by atoms with E-state index >= 15 is 0 Å². The third kappa shape index (κ3) is 6.81. The van der Waals surface area contributed by atoms with Crippen molar-refractivity contribution < 1.29 is 4.79 Å². The van der Waals surface area contributed by atoms with E-state index in [1.165, 1.54) is 30.4 Å². The first-order valence-electron chi connectivity index (χ1n) is 10.2. The SMILES string of the molecule is CCCCC(CC)CNC(=O)C1CCN(Cc2ccc(C)cc2)CC1. The molecule has 3 nitrogen and oxygen atoms in total. The van der Waals surface area contributed by atoms with Crippen molar-refractivity contribution in [2.75, 3.05) is 19.6 Å². The fourth-order valence-electron chi connectivity index (χ4n) is 3.64. The highest BCUT2D eigenvalue weighted by Gasteiger charge is 2.25. The third-order valence-corrected chi connectivity index (χ3v) is 5.59. The first-order valence-corrected chi connectivity index (χ1v) is 10.2. The summed E-state index contributed by atoms with van der Waals surface area (Å²) >= 11 is 0. The summed E-state index contributed by atoms with van der Waals surface area (Å²) in [5.74, 6) is 1.13. The van der Waals surface area contributed by atoms with Crippen LogP contribution < -0.4 is 5.32 Å². The van der Waals surface area contributed by atoms with Crippen LogP contribution in [-0.2, 0) is 11.3 Å². The van der Waals surface area contributed by atoms with Crippen LogP contribution in [0.3, 0.4) is 0 Å². The Bertz CT molecular complexity index is 503. The summed E-state index contributed by atoms with van der Waals surface area (Å²) in [6.07, 6.45) is 6.89. The lowest BCUT2D eigenvalue weighted by Crippen LogP contribution is -2.41. The van der Waals surface area contributed by atoms with Crippen molar-refractivity contribution in [1.29, 1.82) is 0 Å². The third-order valence-electron chi connectivity index (χ3n) is 5.59. The predicted octanol–water partition coefficient (Wildman–Crippen LogP) is 4.54. The molecule has 1 aromatic rings. The van der Waals surface area contributed by atoms with Crippen LogP contribution in [-0.4, -0.2) is 30.4 Å². The average Bonchev–Trinajstić information content (AvgIpc) is 2.64. The lowest BCUT2D eigenvalue weighted by atomic mass is 9.94. The first kappa shape index (κ1) is 20.0. The number of hydrogen-bond donors (Lipinski definition) is 1. The summed E-state index contributed by atoms with van der Waals surface area (Å²) < 4.78 is 0. The fraction of sp³-hybridized carbons (Fsp3) is 0.682. The second-order valence-corrected chi connectivity index (χ2v) is 7.70. The topological polar surface area (TPSA) is 32.3 Å². The van der Waals surface area contributed by atoms with Gasteiger partial charge in [0.25, 0.3) is 0 Å². The van der Waals surface area contributed by atoms with E-state index in [1.54, 1.807) is 0 Å². The normalized spacial score (nSPS) is 17.4. The van der Waals surface area contributed by atoms with E-state index < -0.39 is 0 Å². The van der Waals surface area contributed by atoms with Gasteiger partial charge in [-0.3, -0.25) is 9.69 Å². The highest BCUT2D eigenvalue weighted by atomic mass is 16.1. The zero-order chi connectivity index (χ0) is 18.1. The van der Waals surface area contributed by atoms with Crippen LogP contribution in [0.5, 0.6) is 0 Å². The average molecular weight is 345 g/mol. The molecule has 1 heterocycles. The number of benzene rings is 1. The number of likely N-dealkylation sites (tertiary alicyclic amines) is 1. The Hall–Kier alpha value is -1.35. The number of nitrogens with one attached hydrogen (secondary N) is 1. The van der Waals surface area contributed by atoms with Gasteiger partial charge < -0.3 is 5.32 Å². The van der Waals surface area contributed by atoms with Crippen LogP contribution in [0.25, 0.3) is 0 Å². The second-order valence-electron chi connectivity index (χ2n) is 7.70. The van der Waals surface area contributed by atoms with Crippen LogP contribution in [0.15, 0.2) is 24.3 Å². The van der Waals surface area contributed by atoms with E-state index in [4.69, 9.17) is 0 Å². The molecule has 1 saturated heterocycles. The minimum absolute atomic E-state index is 0.206. The summed E-state index contributed by atoms with van der Waals surface area (Å²) in [5.41, 5.74) is 2.68. The Morgan fingerprint density at radius 3 is 2.48 bits per heavy atom. The molecule has 1 aromatic carbocycles. The smallest absolute Gasteiger partial charge is 0.223 e. The van der Waals surface area contributed by atoms with Gasteiger partial charge in [0.15, 0.2) is 0 Å². The number of unbranched alkanes of at least 4 members (excludes halogenated alkanes) is 1. The Morgan fingerprint density at radius 1 is 1.20 bits per heavy atom. The molecule has 25 heavy (non-hydrogen) atoms. The number of piperidine rings is 1. The highest BCUT2D eigenvalue weighted by Crippen LogP contribution is 2.20. The first-order chi connectivity index (χ1) is 12.1. The maximum atomic E-state index is 12.5. The molecule has 0 radical (unpaired) electrons. The quantitative estimate of drug-likeness (QED) is 0.713. The Kier molecular flexibility index (Phi) is 8.47. The van der Waals surface area contributed by atoms with E-state index in [9.17, 15) is 4.79 Å². The Labute approximate surface area is 154 Å². The van der Waals surface area contributed by atoms with E-state index in [0.29, 0.717) is 5.92 Å². The minimum Gasteiger partial charge on any atom is -0.356 e. The van der Waals surface area contributed by atoms with Gasteiger partial charge in [0.2, 0.25) is 5.91 Å². The molecule has 0 saturated carbocycles. The van der Waals surface area contributed by atoms with Crippen molar-refractivity contribution in [3.05, 3.63) is 35.4 Å². The van der Waals surface area contributed by atoms with Crippen molar-refractivity contribution >= 4 is 5.91 Å². The molecule has 3 heteroatoms. The van der Waals surface area contributed by atoms with Crippen molar-refractivity contribution in [3.63, 3.8) is 0 Å². The van der Waals surface area contributed by atoms with E-state index in [2.05, 4.69) is 55.3 Å². The van der Waals surface area contributed by atoms with E-state index in [-0.39, 0.29) is 11.8 Å². The van der Waals surface area contributed by atoms with Gasteiger partial charge >= 0.3 is 0 Å². The summed E-state index contributed by atoms with van der Waals surface area (Å²) in [5, 5.41) is 3.23. The number of rotatable bonds is 9. The van der Waals surface area contributed by atoms with Crippen LogP contribution >= 0.6 is 0 Å². The van der Waals surface area contributed by atoms with Gasteiger partial charge in [0.1, 0.15) is 0 Å². The molecule has 0 bridgehead atoms. The van der Waals surface area contributed by atoms with E-state index in [1.807, 2.05) is 0 Å². The maximum Gasteiger partial charge on any atom is 0.223 e. The molecule has 0 aromatic heterocycles. The molecular formula is C22H36N2O. The number of carbonyl (C=O) groups is 1. The summed E-state index contributed by atoms with van der Waals surface area (Å²) in [4.78, 5) is 14.9. The van der Waals surface area contributed by atoms with Crippen LogP contribution in [0, 0.1) is 18.8 Å². The zero-order valence-electron chi connectivity index (χ0n) is 16.4. The second kappa shape index (κ2) is 10.6. The van der Waals surface area contributed by atoms with Crippen molar-refractivity contribution in [2.45, 2.75) is 65.8 Å². The maximum absolute atomic E-state index is 12.5. The Balaban J connectivity index is 1.69. The number of hydrogen-bond acceptors (Lipinski definition) is 2. The van der Waals surface area contributed by atoms with Gasteiger partial charge in [-0.05, 0) is 50.8 Å². The van der Waals surface area contributed by atoms with Gasteiger partial charge in [-0.25, -0.2) is 0 Å². The lowest BCUT2D eigenvalue weighted by molar-refractivity contribution is -0.126. The molecule has 1 aliphatic rings. The monoisotopic (exact) mass is 344 g/mol. The van der Waals surface area contributed by atoms with E-state index in [0.717, 1.165) is 45.4 Å². The molecule has 1 unspecified atom stereocenters. The van der Waals surface area contributed by atoms with Crippen LogP contribution in [0.4, 0.5) is 0 Å². The van der Waals surface area contributed by atoms with Crippen LogP contribution in [0.2, 0.25) is 0 Å². The van der Waals surface area contributed by atoms with Gasteiger partial charge in [-0.1, -0.05) is 62.9 Å². The molecule has 1 atom stereocenters.